The van der Waals surface area contributed by atoms with Gasteiger partial charge in [-0.3, -0.25) is 0 Å². The highest BCUT2D eigenvalue weighted by molar-refractivity contribution is 5.93. The zero-order valence-corrected chi connectivity index (χ0v) is 15.7. The highest BCUT2D eigenvalue weighted by Gasteiger charge is 2.19. The normalized spacial score (nSPS) is 14.5. The van der Waals surface area contributed by atoms with Crippen molar-refractivity contribution in [2.45, 2.75) is 6.92 Å². The minimum Gasteiger partial charge on any atom is -0.378 e. The lowest BCUT2D eigenvalue weighted by Gasteiger charge is -2.29. The lowest BCUT2D eigenvalue weighted by molar-refractivity contribution is 0.122. The van der Waals surface area contributed by atoms with E-state index in [0.717, 1.165) is 29.8 Å². The smallest absolute Gasteiger partial charge is 0.253 e. The van der Waals surface area contributed by atoms with E-state index in [1.165, 1.54) is 16.7 Å². The van der Waals surface area contributed by atoms with Crippen molar-refractivity contribution < 1.29 is 4.74 Å². The number of aromatic nitrogens is 4. The van der Waals surface area contributed by atoms with Crippen LogP contribution in [0.1, 0.15) is 5.56 Å². The van der Waals surface area contributed by atoms with Crippen molar-refractivity contribution in [2.75, 3.05) is 31.2 Å². The van der Waals surface area contributed by atoms with Gasteiger partial charge < -0.3 is 9.64 Å². The molecule has 0 aliphatic carbocycles. The van der Waals surface area contributed by atoms with Crippen LogP contribution in [0.5, 0.6) is 0 Å². The maximum Gasteiger partial charge on any atom is 0.253 e. The molecule has 0 N–H and O–H groups in total. The third kappa shape index (κ3) is 3.01. The molecule has 0 unspecified atom stereocenters. The number of morpholine rings is 1. The van der Waals surface area contributed by atoms with Crippen LogP contribution >= 0.6 is 0 Å². The molecular formula is C22H21N5O. The van der Waals surface area contributed by atoms with E-state index < -0.39 is 0 Å². The maximum atomic E-state index is 5.54. The number of ether oxygens (including phenoxy) is 1. The molecule has 6 nitrogen and oxygen atoms in total. The molecule has 1 fully saturated rings. The summed E-state index contributed by atoms with van der Waals surface area (Å²) in [4.78, 5) is 11.9. The second kappa shape index (κ2) is 7.05. The number of hydrogen-bond acceptors (Lipinski definition) is 5. The van der Waals surface area contributed by atoms with E-state index in [4.69, 9.17) is 14.7 Å². The van der Waals surface area contributed by atoms with Crippen LogP contribution in [0.25, 0.3) is 28.0 Å². The Balaban J connectivity index is 1.71. The van der Waals surface area contributed by atoms with Gasteiger partial charge in [-0.25, -0.2) is 9.67 Å². The van der Waals surface area contributed by atoms with E-state index >= 15 is 0 Å². The standard InChI is InChI=1S/C22H21N5O/c1-16-5-2-3-6-18(16)17-7-8-20-19(15-17)21(26-11-13-28-14-12-26)25-22(24-20)27-10-4-9-23-27/h2-10,15H,11-14H2,1H3. The molecule has 2 aromatic carbocycles. The SMILES string of the molecule is Cc1ccccc1-c1ccc2nc(-n3cccn3)nc(N3CCOCC3)c2c1. The van der Waals surface area contributed by atoms with Crippen LogP contribution in [0.3, 0.4) is 0 Å². The monoisotopic (exact) mass is 371 g/mol. The lowest BCUT2D eigenvalue weighted by Crippen LogP contribution is -2.37. The zero-order chi connectivity index (χ0) is 18.9. The molecule has 0 atom stereocenters. The van der Waals surface area contributed by atoms with E-state index in [0.29, 0.717) is 19.2 Å². The van der Waals surface area contributed by atoms with E-state index in [2.05, 4.69) is 59.4 Å². The first-order valence-electron chi connectivity index (χ1n) is 9.50. The van der Waals surface area contributed by atoms with Gasteiger partial charge in [0.15, 0.2) is 0 Å². The van der Waals surface area contributed by atoms with Gasteiger partial charge in [0.1, 0.15) is 5.82 Å². The Hall–Kier alpha value is -3.25. The second-order valence-electron chi connectivity index (χ2n) is 6.94. The Bertz CT molecular complexity index is 1120. The zero-order valence-electron chi connectivity index (χ0n) is 15.7. The molecule has 0 saturated carbocycles. The molecule has 140 valence electrons. The highest BCUT2D eigenvalue weighted by Crippen LogP contribution is 2.31. The number of benzene rings is 2. The number of aryl methyl sites for hydroxylation is 1. The largest absolute Gasteiger partial charge is 0.378 e. The number of anilines is 1. The van der Waals surface area contributed by atoms with Crippen molar-refractivity contribution >= 4 is 16.7 Å². The Morgan fingerprint density at radius 2 is 1.82 bits per heavy atom. The molecule has 0 radical (unpaired) electrons. The van der Waals surface area contributed by atoms with Gasteiger partial charge in [0, 0.05) is 30.9 Å². The van der Waals surface area contributed by atoms with Gasteiger partial charge in [0.2, 0.25) is 0 Å². The average molecular weight is 371 g/mol. The first kappa shape index (κ1) is 16.9. The molecule has 4 aromatic rings. The summed E-state index contributed by atoms with van der Waals surface area (Å²) in [6, 6.07) is 16.7. The van der Waals surface area contributed by atoms with Gasteiger partial charge in [-0.1, -0.05) is 30.3 Å². The minimum atomic E-state index is 0.586. The Morgan fingerprint density at radius 1 is 0.964 bits per heavy atom. The maximum absolute atomic E-state index is 5.54. The summed E-state index contributed by atoms with van der Waals surface area (Å²) in [5.41, 5.74) is 4.58. The van der Waals surface area contributed by atoms with Crippen molar-refractivity contribution in [1.29, 1.82) is 0 Å². The summed E-state index contributed by atoms with van der Waals surface area (Å²) in [6.45, 7) is 5.19. The summed E-state index contributed by atoms with van der Waals surface area (Å²) in [6.07, 6.45) is 3.61. The molecule has 0 amide bonds. The Morgan fingerprint density at radius 3 is 2.61 bits per heavy atom. The van der Waals surface area contributed by atoms with Gasteiger partial charge in [-0.05, 0) is 41.8 Å². The van der Waals surface area contributed by atoms with Gasteiger partial charge in [-0.15, -0.1) is 0 Å². The lowest BCUT2D eigenvalue weighted by atomic mass is 9.99. The minimum absolute atomic E-state index is 0.586. The molecule has 1 aliphatic heterocycles. The average Bonchev–Trinajstić information content (AvgIpc) is 3.29. The fourth-order valence-corrected chi connectivity index (χ4v) is 3.67. The molecule has 28 heavy (non-hydrogen) atoms. The predicted octanol–water partition coefficient (Wildman–Crippen LogP) is 3.63. The van der Waals surface area contributed by atoms with Crippen molar-refractivity contribution in [3.8, 4) is 17.1 Å². The van der Waals surface area contributed by atoms with Crippen LogP contribution in [0.4, 0.5) is 5.82 Å². The van der Waals surface area contributed by atoms with Gasteiger partial charge >= 0.3 is 0 Å². The summed E-state index contributed by atoms with van der Waals surface area (Å²) in [5.74, 6) is 1.52. The van der Waals surface area contributed by atoms with Crippen LogP contribution in [-0.2, 0) is 4.74 Å². The molecule has 1 saturated heterocycles. The third-order valence-electron chi connectivity index (χ3n) is 5.14. The van der Waals surface area contributed by atoms with Gasteiger partial charge in [0.05, 0.1) is 18.7 Å². The first-order valence-corrected chi connectivity index (χ1v) is 9.50. The summed E-state index contributed by atoms with van der Waals surface area (Å²) >= 11 is 0. The highest BCUT2D eigenvalue weighted by atomic mass is 16.5. The van der Waals surface area contributed by atoms with Crippen molar-refractivity contribution in [3.05, 3.63) is 66.5 Å². The Kier molecular flexibility index (Phi) is 4.25. The van der Waals surface area contributed by atoms with Crippen LogP contribution in [0.15, 0.2) is 60.9 Å². The first-order chi connectivity index (χ1) is 13.8. The van der Waals surface area contributed by atoms with E-state index in [9.17, 15) is 0 Å². The topological polar surface area (TPSA) is 56.1 Å². The van der Waals surface area contributed by atoms with Crippen LogP contribution in [0.2, 0.25) is 0 Å². The third-order valence-corrected chi connectivity index (χ3v) is 5.14. The van der Waals surface area contributed by atoms with Crippen molar-refractivity contribution in [2.24, 2.45) is 0 Å². The number of rotatable bonds is 3. The number of nitrogens with zero attached hydrogens (tertiary/aromatic N) is 5. The van der Waals surface area contributed by atoms with Crippen LogP contribution in [0, 0.1) is 6.92 Å². The molecule has 2 aromatic heterocycles. The van der Waals surface area contributed by atoms with E-state index in [1.807, 2.05) is 12.3 Å². The number of hydrogen-bond donors (Lipinski definition) is 0. The molecule has 1 aliphatic rings. The summed E-state index contributed by atoms with van der Waals surface area (Å²) < 4.78 is 7.25. The molecule has 3 heterocycles. The van der Waals surface area contributed by atoms with Crippen molar-refractivity contribution in [3.63, 3.8) is 0 Å². The second-order valence-corrected chi connectivity index (χ2v) is 6.94. The molecule has 0 spiro atoms. The molecular weight excluding hydrogens is 350 g/mol. The predicted molar refractivity (Wildman–Crippen MR) is 110 cm³/mol. The quantitative estimate of drug-likeness (QED) is 0.550. The summed E-state index contributed by atoms with van der Waals surface area (Å²) in [7, 11) is 0. The molecule has 6 heteroatoms. The molecule has 5 rings (SSSR count). The van der Waals surface area contributed by atoms with Crippen LogP contribution < -0.4 is 4.90 Å². The number of fused-ring (bicyclic) bond motifs is 1. The van der Waals surface area contributed by atoms with Gasteiger partial charge in [-0.2, -0.15) is 10.1 Å². The summed E-state index contributed by atoms with van der Waals surface area (Å²) in [5, 5.41) is 5.36. The van der Waals surface area contributed by atoms with E-state index in [-0.39, 0.29) is 0 Å². The Labute approximate surface area is 163 Å². The molecule has 0 bridgehead atoms. The van der Waals surface area contributed by atoms with Gasteiger partial charge in [0.25, 0.3) is 5.95 Å². The fraction of sp³-hybridized carbons (Fsp3) is 0.227. The van der Waals surface area contributed by atoms with E-state index in [1.54, 1.807) is 10.9 Å². The van der Waals surface area contributed by atoms with Crippen LogP contribution in [-0.4, -0.2) is 46.1 Å². The fourth-order valence-electron chi connectivity index (χ4n) is 3.67. The van der Waals surface area contributed by atoms with Crippen molar-refractivity contribution in [1.82, 2.24) is 19.7 Å².